The van der Waals surface area contributed by atoms with Crippen molar-refractivity contribution >= 4 is 17.6 Å². The molecule has 1 aromatic rings. The van der Waals surface area contributed by atoms with Gasteiger partial charge in [-0.15, -0.1) is 0 Å². The van der Waals surface area contributed by atoms with Gasteiger partial charge in [-0.2, -0.15) is 0 Å². The fourth-order valence-corrected chi connectivity index (χ4v) is 3.35. The molecule has 0 spiro atoms. The van der Waals surface area contributed by atoms with Gasteiger partial charge in [0.15, 0.2) is 0 Å². The van der Waals surface area contributed by atoms with Crippen LogP contribution in [-0.4, -0.2) is 55.1 Å². The first-order valence-electron chi connectivity index (χ1n) is 9.68. The third-order valence-corrected chi connectivity index (χ3v) is 4.91. The SMILES string of the molecule is CCN(CC)CCC[C@H](C)NC(=O)N[C@H]1CC(=O)N(c2ccccc2)C1. The lowest BCUT2D eigenvalue weighted by molar-refractivity contribution is -0.117. The van der Waals surface area contributed by atoms with Crippen LogP contribution in [0.4, 0.5) is 10.5 Å². The molecular formula is C20H32N4O2. The Morgan fingerprint density at radius 1 is 1.27 bits per heavy atom. The number of urea groups is 1. The summed E-state index contributed by atoms with van der Waals surface area (Å²) >= 11 is 0. The Balaban J connectivity index is 1.72. The van der Waals surface area contributed by atoms with Gasteiger partial charge in [0.05, 0.1) is 6.04 Å². The number of para-hydroxylation sites is 1. The van der Waals surface area contributed by atoms with Crippen LogP contribution in [0, 0.1) is 0 Å². The van der Waals surface area contributed by atoms with E-state index >= 15 is 0 Å². The van der Waals surface area contributed by atoms with Crippen molar-refractivity contribution < 1.29 is 9.59 Å². The number of hydrogen-bond donors (Lipinski definition) is 2. The number of anilines is 1. The number of nitrogens with zero attached hydrogens (tertiary/aromatic N) is 2. The molecule has 1 aliphatic heterocycles. The summed E-state index contributed by atoms with van der Waals surface area (Å²) in [6, 6.07) is 9.36. The van der Waals surface area contributed by atoms with Gasteiger partial charge in [-0.3, -0.25) is 4.79 Å². The fraction of sp³-hybridized carbons (Fsp3) is 0.600. The molecule has 0 aromatic heterocycles. The van der Waals surface area contributed by atoms with Crippen LogP contribution in [0.3, 0.4) is 0 Å². The van der Waals surface area contributed by atoms with E-state index in [0.717, 1.165) is 38.2 Å². The Morgan fingerprint density at radius 3 is 2.62 bits per heavy atom. The van der Waals surface area contributed by atoms with E-state index in [1.165, 1.54) is 0 Å². The molecule has 1 aliphatic rings. The molecule has 1 fully saturated rings. The molecule has 0 saturated carbocycles. The minimum absolute atomic E-state index is 0.0498. The van der Waals surface area contributed by atoms with E-state index in [0.29, 0.717) is 13.0 Å². The molecule has 0 aliphatic carbocycles. The Labute approximate surface area is 156 Å². The topological polar surface area (TPSA) is 64.7 Å². The third kappa shape index (κ3) is 6.02. The number of nitrogens with one attached hydrogen (secondary N) is 2. The predicted molar refractivity (Wildman–Crippen MR) is 105 cm³/mol. The lowest BCUT2D eigenvalue weighted by Crippen LogP contribution is -2.46. The Bertz CT molecular complexity index is 574. The Hall–Kier alpha value is -2.08. The zero-order valence-corrected chi connectivity index (χ0v) is 16.2. The van der Waals surface area contributed by atoms with E-state index in [-0.39, 0.29) is 24.0 Å². The van der Waals surface area contributed by atoms with Gasteiger partial charge in [0.1, 0.15) is 0 Å². The molecule has 144 valence electrons. The Kier molecular flexibility index (Phi) is 7.91. The molecule has 3 amide bonds. The zero-order valence-electron chi connectivity index (χ0n) is 16.2. The minimum atomic E-state index is -0.187. The molecule has 6 heteroatoms. The third-order valence-electron chi connectivity index (χ3n) is 4.91. The maximum Gasteiger partial charge on any atom is 0.315 e. The monoisotopic (exact) mass is 360 g/mol. The molecule has 0 unspecified atom stereocenters. The number of amides is 3. The van der Waals surface area contributed by atoms with Crippen LogP contribution in [0.15, 0.2) is 30.3 Å². The summed E-state index contributed by atoms with van der Waals surface area (Å²) in [5, 5.41) is 5.93. The van der Waals surface area contributed by atoms with Gasteiger partial charge < -0.3 is 20.4 Å². The average Bonchev–Trinajstić information content (AvgIpc) is 2.99. The maximum atomic E-state index is 12.2. The van der Waals surface area contributed by atoms with Crippen molar-refractivity contribution in [1.82, 2.24) is 15.5 Å². The zero-order chi connectivity index (χ0) is 18.9. The van der Waals surface area contributed by atoms with Crippen LogP contribution < -0.4 is 15.5 Å². The van der Waals surface area contributed by atoms with Crippen LogP contribution in [0.2, 0.25) is 0 Å². The molecular weight excluding hydrogens is 328 g/mol. The van der Waals surface area contributed by atoms with Crippen molar-refractivity contribution in [3.05, 3.63) is 30.3 Å². The van der Waals surface area contributed by atoms with Crippen LogP contribution in [-0.2, 0) is 4.79 Å². The van der Waals surface area contributed by atoms with E-state index in [2.05, 4.69) is 29.4 Å². The Morgan fingerprint density at radius 2 is 1.96 bits per heavy atom. The van der Waals surface area contributed by atoms with Gasteiger partial charge in [0, 0.05) is 24.7 Å². The van der Waals surface area contributed by atoms with Crippen LogP contribution >= 0.6 is 0 Å². The van der Waals surface area contributed by atoms with Crippen LogP contribution in [0.25, 0.3) is 0 Å². The summed E-state index contributed by atoms with van der Waals surface area (Å²) < 4.78 is 0. The van der Waals surface area contributed by atoms with Crippen molar-refractivity contribution in [3.8, 4) is 0 Å². The highest BCUT2D eigenvalue weighted by atomic mass is 16.2. The number of carbonyl (C=O) groups is 2. The maximum absolute atomic E-state index is 12.2. The lowest BCUT2D eigenvalue weighted by atomic mass is 10.2. The van der Waals surface area contributed by atoms with Gasteiger partial charge in [-0.05, 0) is 51.5 Å². The molecule has 2 rings (SSSR count). The highest BCUT2D eigenvalue weighted by Gasteiger charge is 2.31. The highest BCUT2D eigenvalue weighted by molar-refractivity contribution is 5.96. The average molecular weight is 361 g/mol. The largest absolute Gasteiger partial charge is 0.336 e. The van der Waals surface area contributed by atoms with Gasteiger partial charge in [0.2, 0.25) is 5.91 Å². The van der Waals surface area contributed by atoms with Crippen molar-refractivity contribution in [2.45, 2.75) is 52.1 Å². The van der Waals surface area contributed by atoms with E-state index in [4.69, 9.17) is 0 Å². The van der Waals surface area contributed by atoms with Gasteiger partial charge >= 0.3 is 6.03 Å². The number of hydrogen-bond acceptors (Lipinski definition) is 3. The summed E-state index contributed by atoms with van der Waals surface area (Å²) in [6.07, 6.45) is 2.36. The van der Waals surface area contributed by atoms with Gasteiger partial charge in [-0.1, -0.05) is 32.0 Å². The van der Waals surface area contributed by atoms with Crippen LogP contribution in [0.1, 0.15) is 40.0 Å². The first kappa shape index (κ1) is 20.2. The summed E-state index contributed by atoms with van der Waals surface area (Å²) in [5.41, 5.74) is 0.881. The molecule has 0 radical (unpaired) electrons. The lowest BCUT2D eigenvalue weighted by Gasteiger charge is -2.21. The first-order chi connectivity index (χ1) is 12.5. The number of carbonyl (C=O) groups excluding carboxylic acids is 2. The second kappa shape index (κ2) is 10.2. The normalized spacial score (nSPS) is 18.2. The summed E-state index contributed by atoms with van der Waals surface area (Å²) in [7, 11) is 0. The van der Waals surface area contributed by atoms with E-state index in [9.17, 15) is 9.59 Å². The molecule has 2 atom stereocenters. The predicted octanol–water partition coefficient (Wildman–Crippen LogP) is 2.60. The first-order valence-corrected chi connectivity index (χ1v) is 9.68. The van der Waals surface area contributed by atoms with Crippen molar-refractivity contribution in [3.63, 3.8) is 0 Å². The van der Waals surface area contributed by atoms with E-state index in [1.54, 1.807) is 4.90 Å². The van der Waals surface area contributed by atoms with Gasteiger partial charge in [0.25, 0.3) is 0 Å². The minimum Gasteiger partial charge on any atom is -0.336 e. The molecule has 1 saturated heterocycles. The van der Waals surface area contributed by atoms with E-state index < -0.39 is 0 Å². The summed E-state index contributed by atoms with van der Waals surface area (Å²) in [6.45, 7) is 10.1. The second-order valence-corrected chi connectivity index (χ2v) is 6.93. The highest BCUT2D eigenvalue weighted by Crippen LogP contribution is 2.20. The van der Waals surface area contributed by atoms with Gasteiger partial charge in [-0.25, -0.2) is 4.79 Å². The standard InChI is InChI=1S/C20H32N4O2/c1-4-23(5-2)13-9-10-16(3)21-20(26)22-17-14-19(25)24(15-17)18-11-7-6-8-12-18/h6-8,11-12,16-17H,4-5,9-10,13-15H2,1-3H3,(H2,21,22,26)/t16-,17-/m0/s1. The molecule has 1 heterocycles. The molecule has 26 heavy (non-hydrogen) atoms. The summed E-state index contributed by atoms with van der Waals surface area (Å²) in [4.78, 5) is 28.5. The van der Waals surface area contributed by atoms with E-state index in [1.807, 2.05) is 37.3 Å². The summed E-state index contributed by atoms with van der Waals surface area (Å²) in [5.74, 6) is 0.0498. The molecule has 0 bridgehead atoms. The fourth-order valence-electron chi connectivity index (χ4n) is 3.35. The second-order valence-electron chi connectivity index (χ2n) is 6.93. The molecule has 2 N–H and O–H groups in total. The van der Waals surface area contributed by atoms with Crippen LogP contribution in [0.5, 0.6) is 0 Å². The smallest absolute Gasteiger partial charge is 0.315 e. The number of rotatable bonds is 9. The number of benzene rings is 1. The molecule has 1 aromatic carbocycles. The molecule has 6 nitrogen and oxygen atoms in total. The van der Waals surface area contributed by atoms with Crippen molar-refractivity contribution in [1.29, 1.82) is 0 Å². The van der Waals surface area contributed by atoms with Crippen molar-refractivity contribution in [2.24, 2.45) is 0 Å². The van der Waals surface area contributed by atoms with Crippen molar-refractivity contribution in [2.75, 3.05) is 31.1 Å². The quantitative estimate of drug-likeness (QED) is 0.711.